The van der Waals surface area contributed by atoms with Crippen LogP contribution >= 0.6 is 0 Å². The number of benzene rings is 4. The van der Waals surface area contributed by atoms with Gasteiger partial charge in [-0.1, -0.05) is 91.0 Å². The molecule has 0 spiro atoms. The fourth-order valence-corrected chi connectivity index (χ4v) is 5.98. The molecule has 8 rings (SSSR count). The molecule has 0 saturated carbocycles. The van der Waals surface area contributed by atoms with E-state index in [2.05, 4.69) is 100 Å². The standard InChI is InChI=1S/C35H25N5/c36-21-25-11-3-1-9-23(25)17-18-39-30-15-7-5-13-27(30)29-20-32-34(38-35(29)39)28-14-6-8-16-31(28)40(32)33-19-24-10-2-4-12-26(24)22-37-33/h1-17,19-22H,18,36H2/b23-17-,25-21-. The number of pyridine rings is 2. The molecule has 2 N–H and O–H groups in total. The first-order valence-corrected chi connectivity index (χ1v) is 13.4. The summed E-state index contributed by atoms with van der Waals surface area (Å²) in [5, 5.41) is 7.83. The zero-order chi connectivity index (χ0) is 26.6. The highest BCUT2D eigenvalue weighted by Crippen LogP contribution is 2.36. The number of nitrogens with two attached hydrogens (primary N) is 1. The molecule has 5 nitrogen and oxygen atoms in total. The Balaban J connectivity index is 1.44. The Morgan fingerprint density at radius 1 is 0.650 bits per heavy atom. The lowest BCUT2D eigenvalue weighted by Gasteiger charge is -2.08. The van der Waals surface area contributed by atoms with Crippen LogP contribution in [0.3, 0.4) is 0 Å². The molecule has 8 aromatic rings. The summed E-state index contributed by atoms with van der Waals surface area (Å²) in [6.45, 7) is 0.679. The largest absolute Gasteiger partial charge is 0.404 e. The molecule has 0 saturated heterocycles. The minimum atomic E-state index is 0.679. The predicted molar refractivity (Wildman–Crippen MR) is 166 cm³/mol. The monoisotopic (exact) mass is 515 g/mol. The first-order chi connectivity index (χ1) is 19.8. The number of fused-ring (bicyclic) bond motifs is 7. The Labute approximate surface area is 229 Å². The summed E-state index contributed by atoms with van der Waals surface area (Å²) in [7, 11) is 0. The molecule has 190 valence electrons. The van der Waals surface area contributed by atoms with Gasteiger partial charge in [-0.3, -0.25) is 4.57 Å². The quantitative estimate of drug-likeness (QED) is 0.313. The van der Waals surface area contributed by atoms with Crippen molar-refractivity contribution in [1.82, 2.24) is 19.1 Å². The van der Waals surface area contributed by atoms with Gasteiger partial charge in [0, 0.05) is 40.5 Å². The topological polar surface area (TPSA) is 61.7 Å². The third kappa shape index (κ3) is 3.34. The number of aromatic nitrogens is 4. The Bertz CT molecular complexity index is 2380. The van der Waals surface area contributed by atoms with Gasteiger partial charge in [-0.15, -0.1) is 0 Å². The van der Waals surface area contributed by atoms with Crippen molar-refractivity contribution in [3.63, 3.8) is 0 Å². The lowest BCUT2D eigenvalue weighted by molar-refractivity contribution is 0.918. The van der Waals surface area contributed by atoms with Crippen LogP contribution in [-0.2, 0) is 6.54 Å². The van der Waals surface area contributed by atoms with Gasteiger partial charge in [0.2, 0.25) is 0 Å². The van der Waals surface area contributed by atoms with E-state index < -0.39 is 0 Å². The van der Waals surface area contributed by atoms with Crippen LogP contribution < -0.4 is 16.2 Å². The summed E-state index contributed by atoms with van der Waals surface area (Å²) in [5.41, 5.74) is 11.1. The van der Waals surface area contributed by atoms with Crippen LogP contribution in [0.25, 0.3) is 72.7 Å². The molecular weight excluding hydrogens is 490 g/mol. The van der Waals surface area contributed by atoms with E-state index in [0.717, 1.165) is 65.5 Å². The van der Waals surface area contributed by atoms with E-state index >= 15 is 0 Å². The Morgan fingerprint density at radius 3 is 2.20 bits per heavy atom. The second kappa shape index (κ2) is 8.82. The maximum absolute atomic E-state index is 5.91. The molecule has 4 aromatic heterocycles. The molecule has 0 unspecified atom stereocenters. The third-order valence-corrected chi connectivity index (χ3v) is 7.88. The van der Waals surface area contributed by atoms with Crippen LogP contribution in [0.5, 0.6) is 0 Å². The van der Waals surface area contributed by atoms with E-state index in [1.54, 1.807) is 6.20 Å². The highest BCUT2D eigenvalue weighted by Gasteiger charge is 2.19. The maximum Gasteiger partial charge on any atom is 0.142 e. The van der Waals surface area contributed by atoms with E-state index in [1.165, 1.54) is 5.39 Å². The lowest BCUT2D eigenvalue weighted by atomic mass is 10.1. The van der Waals surface area contributed by atoms with Gasteiger partial charge in [0.25, 0.3) is 0 Å². The molecule has 5 heteroatoms. The van der Waals surface area contributed by atoms with Gasteiger partial charge in [0.05, 0.1) is 22.1 Å². The number of hydrogen-bond donors (Lipinski definition) is 1. The molecular formula is C35H25N5. The summed E-state index contributed by atoms with van der Waals surface area (Å²) in [6.07, 6.45) is 5.84. The molecule has 0 amide bonds. The van der Waals surface area contributed by atoms with E-state index in [1.807, 2.05) is 30.5 Å². The van der Waals surface area contributed by atoms with Crippen LogP contribution in [0, 0.1) is 0 Å². The molecule has 0 atom stereocenters. The predicted octanol–water partition coefficient (Wildman–Crippen LogP) is 6.01. The summed E-state index contributed by atoms with van der Waals surface area (Å²) in [6, 6.07) is 38.0. The van der Waals surface area contributed by atoms with Crippen LogP contribution in [0.4, 0.5) is 0 Å². The second-order valence-corrected chi connectivity index (χ2v) is 10.1. The van der Waals surface area contributed by atoms with Gasteiger partial charge < -0.3 is 10.3 Å². The summed E-state index contributed by atoms with van der Waals surface area (Å²) < 4.78 is 4.55. The number of rotatable bonds is 3. The molecule has 0 aliphatic carbocycles. The molecule has 0 radical (unpaired) electrons. The zero-order valence-electron chi connectivity index (χ0n) is 21.7. The lowest BCUT2D eigenvalue weighted by Crippen LogP contribution is -2.25. The van der Waals surface area contributed by atoms with Crippen molar-refractivity contribution in [2.24, 2.45) is 5.73 Å². The number of nitrogens with zero attached hydrogens (tertiary/aromatic N) is 4. The summed E-state index contributed by atoms with van der Waals surface area (Å²) >= 11 is 0. The van der Waals surface area contributed by atoms with E-state index in [-0.39, 0.29) is 0 Å². The van der Waals surface area contributed by atoms with Crippen molar-refractivity contribution in [2.45, 2.75) is 6.54 Å². The maximum atomic E-state index is 5.91. The fraction of sp³-hybridized carbons (Fsp3) is 0.0286. The molecule has 0 bridgehead atoms. The van der Waals surface area contributed by atoms with Crippen molar-refractivity contribution in [1.29, 1.82) is 0 Å². The average Bonchev–Trinajstić information content (AvgIpc) is 3.50. The molecule has 4 aromatic carbocycles. The Hall–Kier alpha value is -5.42. The van der Waals surface area contributed by atoms with Crippen LogP contribution in [0.2, 0.25) is 0 Å². The average molecular weight is 516 g/mol. The number of hydrogen-bond acceptors (Lipinski definition) is 3. The third-order valence-electron chi connectivity index (χ3n) is 7.88. The van der Waals surface area contributed by atoms with Crippen molar-refractivity contribution < 1.29 is 0 Å². The van der Waals surface area contributed by atoms with E-state index in [4.69, 9.17) is 15.7 Å². The minimum Gasteiger partial charge on any atom is -0.404 e. The van der Waals surface area contributed by atoms with Crippen molar-refractivity contribution >= 4 is 66.9 Å². The zero-order valence-corrected chi connectivity index (χ0v) is 21.7. The molecule has 0 fully saturated rings. The van der Waals surface area contributed by atoms with Crippen LogP contribution in [-0.4, -0.2) is 19.1 Å². The fourth-order valence-electron chi connectivity index (χ4n) is 5.98. The van der Waals surface area contributed by atoms with Gasteiger partial charge in [0.15, 0.2) is 0 Å². The number of para-hydroxylation sites is 2. The second-order valence-electron chi connectivity index (χ2n) is 10.1. The van der Waals surface area contributed by atoms with Crippen molar-refractivity contribution in [3.05, 3.63) is 126 Å². The van der Waals surface area contributed by atoms with Crippen molar-refractivity contribution in [2.75, 3.05) is 0 Å². The Morgan fingerprint density at radius 2 is 1.35 bits per heavy atom. The smallest absolute Gasteiger partial charge is 0.142 e. The van der Waals surface area contributed by atoms with E-state index in [0.29, 0.717) is 6.54 Å². The molecule has 40 heavy (non-hydrogen) atoms. The van der Waals surface area contributed by atoms with Crippen LogP contribution in [0.15, 0.2) is 115 Å². The van der Waals surface area contributed by atoms with Crippen LogP contribution in [0.1, 0.15) is 0 Å². The molecule has 0 aliphatic heterocycles. The first kappa shape index (κ1) is 22.6. The van der Waals surface area contributed by atoms with Crippen molar-refractivity contribution in [3.8, 4) is 5.82 Å². The Kier molecular flexibility index (Phi) is 4.97. The summed E-state index contributed by atoms with van der Waals surface area (Å²) in [4.78, 5) is 10.3. The molecule has 0 aliphatic rings. The first-order valence-electron chi connectivity index (χ1n) is 13.4. The van der Waals surface area contributed by atoms with E-state index in [9.17, 15) is 0 Å². The van der Waals surface area contributed by atoms with Gasteiger partial charge in [-0.25, -0.2) is 9.97 Å². The van der Waals surface area contributed by atoms with Gasteiger partial charge in [-0.2, -0.15) is 0 Å². The molecule has 4 heterocycles. The minimum absolute atomic E-state index is 0.679. The SMILES string of the molecule is N/C=c1/cccc/c1=C/Cn1c2ccccc2c2cc3c(nc21)c1ccccc1n3-c1cc2ccccc2cn1. The van der Waals surface area contributed by atoms with Gasteiger partial charge >= 0.3 is 0 Å². The highest BCUT2D eigenvalue weighted by atomic mass is 15.1. The van der Waals surface area contributed by atoms with Gasteiger partial charge in [-0.05, 0) is 40.1 Å². The highest BCUT2D eigenvalue weighted by molar-refractivity contribution is 6.15. The normalized spacial score (nSPS) is 13.0. The van der Waals surface area contributed by atoms with Gasteiger partial charge in [0.1, 0.15) is 11.5 Å². The summed E-state index contributed by atoms with van der Waals surface area (Å²) in [5.74, 6) is 0.887.